The highest BCUT2D eigenvalue weighted by molar-refractivity contribution is 5.87. The van der Waals surface area contributed by atoms with E-state index in [-0.39, 0.29) is 17.1 Å². The molecule has 28 heavy (non-hydrogen) atoms. The van der Waals surface area contributed by atoms with Crippen LogP contribution in [0.25, 0.3) is 0 Å². The standard InChI is InChI=1S/C17H17N5O6/c18-19-17(24)15(10-12-4-2-1-3-5-12)20(22(27)28)16(23)11-13-6-8-14(9-7-13)21(25)26/h1-9,15H,10-11,18H2,(H,19,24)/t15-/m0/s1. The topological polar surface area (TPSA) is 162 Å². The van der Waals surface area contributed by atoms with E-state index in [9.17, 15) is 29.8 Å². The van der Waals surface area contributed by atoms with Crippen molar-refractivity contribution < 1.29 is 19.5 Å². The van der Waals surface area contributed by atoms with E-state index >= 15 is 0 Å². The lowest BCUT2D eigenvalue weighted by Gasteiger charge is -2.21. The zero-order valence-electron chi connectivity index (χ0n) is 14.6. The number of benzene rings is 2. The molecule has 0 spiro atoms. The summed E-state index contributed by atoms with van der Waals surface area (Å²) in [4.78, 5) is 46.3. The number of carbonyl (C=O) groups excluding carboxylic acids is 2. The van der Waals surface area contributed by atoms with Gasteiger partial charge in [0.1, 0.15) is 0 Å². The van der Waals surface area contributed by atoms with Crippen molar-refractivity contribution >= 4 is 17.5 Å². The zero-order chi connectivity index (χ0) is 20.7. The Kier molecular flexibility index (Phi) is 6.71. The molecule has 0 fully saturated rings. The molecule has 3 N–H and O–H groups in total. The van der Waals surface area contributed by atoms with Gasteiger partial charge in [-0.1, -0.05) is 42.5 Å². The molecule has 0 aliphatic rings. The van der Waals surface area contributed by atoms with Crippen molar-refractivity contribution in [2.45, 2.75) is 18.9 Å². The zero-order valence-corrected chi connectivity index (χ0v) is 14.6. The van der Waals surface area contributed by atoms with E-state index in [1.54, 1.807) is 30.3 Å². The lowest BCUT2D eigenvalue weighted by molar-refractivity contribution is -0.640. The van der Waals surface area contributed by atoms with Gasteiger partial charge in [0.2, 0.25) is 0 Å². The highest BCUT2D eigenvalue weighted by atomic mass is 16.7. The number of non-ortho nitro benzene ring substituents is 1. The van der Waals surface area contributed by atoms with Gasteiger partial charge in [0.15, 0.2) is 11.1 Å². The molecule has 2 amide bonds. The second-order valence-corrected chi connectivity index (χ2v) is 5.79. The predicted octanol–water partition coefficient (Wildman–Crippen LogP) is 0.759. The summed E-state index contributed by atoms with van der Waals surface area (Å²) in [7, 11) is 0. The summed E-state index contributed by atoms with van der Waals surface area (Å²) < 4.78 is 0. The largest absolute Gasteiger partial charge is 0.292 e. The third kappa shape index (κ3) is 5.08. The molecule has 0 heterocycles. The van der Waals surface area contributed by atoms with Gasteiger partial charge in [-0.3, -0.25) is 25.1 Å². The Labute approximate surface area is 159 Å². The molecule has 1 atom stereocenters. The molecular weight excluding hydrogens is 370 g/mol. The number of hydrogen-bond donors (Lipinski definition) is 2. The van der Waals surface area contributed by atoms with Gasteiger partial charge in [-0.05, 0) is 16.1 Å². The van der Waals surface area contributed by atoms with Gasteiger partial charge in [0.05, 0.1) is 11.3 Å². The number of nitrogens with one attached hydrogen (secondary N) is 1. The van der Waals surface area contributed by atoms with E-state index in [4.69, 9.17) is 5.84 Å². The molecule has 0 bridgehead atoms. The Morgan fingerprint density at radius 2 is 1.61 bits per heavy atom. The first kappa shape index (κ1) is 20.5. The highest BCUT2D eigenvalue weighted by Crippen LogP contribution is 2.15. The minimum atomic E-state index is -1.46. The van der Waals surface area contributed by atoms with Crippen LogP contribution in [0.3, 0.4) is 0 Å². The first-order chi connectivity index (χ1) is 13.3. The Morgan fingerprint density at radius 3 is 2.11 bits per heavy atom. The van der Waals surface area contributed by atoms with Gasteiger partial charge in [0, 0.05) is 18.6 Å². The quantitative estimate of drug-likeness (QED) is 0.292. The van der Waals surface area contributed by atoms with E-state index in [1.165, 1.54) is 24.3 Å². The Morgan fingerprint density at radius 1 is 1.00 bits per heavy atom. The maximum atomic E-state index is 12.6. The number of rotatable bonds is 8. The molecule has 0 radical (unpaired) electrons. The third-order valence-electron chi connectivity index (χ3n) is 3.95. The molecule has 2 rings (SSSR count). The van der Waals surface area contributed by atoms with Crippen LogP contribution in [0.5, 0.6) is 0 Å². The Hall–Kier alpha value is -3.86. The number of nitrogens with zero attached hydrogens (tertiary/aromatic N) is 3. The molecule has 2 aromatic carbocycles. The molecule has 146 valence electrons. The number of nitro groups is 2. The van der Waals surface area contributed by atoms with Crippen molar-refractivity contribution in [3.05, 3.63) is 86.0 Å². The van der Waals surface area contributed by atoms with Crippen LogP contribution in [0, 0.1) is 20.2 Å². The van der Waals surface area contributed by atoms with Crippen LogP contribution >= 0.6 is 0 Å². The average molecular weight is 387 g/mol. The predicted molar refractivity (Wildman–Crippen MR) is 96.9 cm³/mol. The fourth-order valence-electron chi connectivity index (χ4n) is 2.59. The van der Waals surface area contributed by atoms with Gasteiger partial charge >= 0.3 is 0 Å². The Bertz CT molecular complexity index is 871. The van der Waals surface area contributed by atoms with Gasteiger partial charge in [0.25, 0.3) is 17.5 Å². The third-order valence-corrected chi connectivity index (χ3v) is 3.95. The van der Waals surface area contributed by atoms with Gasteiger partial charge in [-0.2, -0.15) is 0 Å². The number of hydrazine groups is 2. The van der Waals surface area contributed by atoms with Gasteiger partial charge in [-0.15, -0.1) is 0 Å². The second kappa shape index (κ2) is 9.19. The van der Waals surface area contributed by atoms with E-state index in [2.05, 4.69) is 0 Å². The summed E-state index contributed by atoms with van der Waals surface area (Å²) in [6, 6.07) is 12.0. The minimum absolute atomic E-state index is 0.114. The average Bonchev–Trinajstić information content (AvgIpc) is 2.67. The molecule has 11 heteroatoms. The fourth-order valence-corrected chi connectivity index (χ4v) is 2.59. The van der Waals surface area contributed by atoms with Crippen molar-refractivity contribution in [3.8, 4) is 0 Å². The first-order valence-corrected chi connectivity index (χ1v) is 8.07. The number of amides is 2. The summed E-state index contributed by atoms with van der Waals surface area (Å²) in [5.41, 5.74) is 2.60. The van der Waals surface area contributed by atoms with Gasteiger partial charge in [-0.25, -0.2) is 16.0 Å². The number of nitro benzene ring substituents is 1. The van der Waals surface area contributed by atoms with E-state index in [1.807, 2.05) is 5.43 Å². The van der Waals surface area contributed by atoms with Crippen LogP contribution in [-0.2, 0) is 22.4 Å². The maximum absolute atomic E-state index is 12.6. The molecule has 0 saturated carbocycles. The lowest BCUT2D eigenvalue weighted by atomic mass is 10.0. The van der Waals surface area contributed by atoms with E-state index in [0.717, 1.165) is 0 Å². The lowest BCUT2D eigenvalue weighted by Crippen LogP contribution is -2.55. The number of hydrogen-bond acceptors (Lipinski definition) is 7. The van der Waals surface area contributed by atoms with Crippen molar-refractivity contribution in [1.82, 2.24) is 10.4 Å². The minimum Gasteiger partial charge on any atom is -0.292 e. The summed E-state index contributed by atoms with van der Waals surface area (Å²) in [6.45, 7) is 0. The summed E-state index contributed by atoms with van der Waals surface area (Å²) in [6.07, 6.45) is -0.529. The summed E-state index contributed by atoms with van der Waals surface area (Å²) in [5.74, 6) is 3.29. The smallest absolute Gasteiger partial charge is 0.288 e. The van der Waals surface area contributed by atoms with Gasteiger partial charge < -0.3 is 0 Å². The van der Waals surface area contributed by atoms with E-state index < -0.39 is 34.2 Å². The number of nitrogens with two attached hydrogens (primary N) is 1. The van der Waals surface area contributed by atoms with Crippen LogP contribution < -0.4 is 11.3 Å². The Balaban J connectivity index is 2.26. The van der Waals surface area contributed by atoms with Crippen LogP contribution in [0.4, 0.5) is 5.69 Å². The summed E-state index contributed by atoms with van der Waals surface area (Å²) >= 11 is 0. The van der Waals surface area contributed by atoms with Crippen molar-refractivity contribution in [3.63, 3.8) is 0 Å². The fraction of sp³-hybridized carbons (Fsp3) is 0.176. The SMILES string of the molecule is NNC(=O)[C@H](Cc1ccccc1)N(C(=O)Cc1ccc([N+](=O)[O-])cc1)[N+](=O)[O-]. The molecule has 0 aromatic heterocycles. The molecule has 0 aliphatic heterocycles. The van der Waals surface area contributed by atoms with Crippen molar-refractivity contribution in [2.24, 2.45) is 5.84 Å². The van der Waals surface area contributed by atoms with Crippen LogP contribution in [0.1, 0.15) is 11.1 Å². The normalized spacial score (nSPS) is 11.3. The molecular formula is C17H17N5O6. The molecule has 0 aliphatic carbocycles. The molecule has 2 aromatic rings. The van der Waals surface area contributed by atoms with Crippen molar-refractivity contribution in [2.75, 3.05) is 0 Å². The second-order valence-electron chi connectivity index (χ2n) is 5.79. The van der Waals surface area contributed by atoms with Crippen LogP contribution in [-0.4, -0.2) is 32.8 Å². The summed E-state index contributed by atoms with van der Waals surface area (Å²) in [5, 5.41) is 21.5. The number of carbonyl (C=O) groups is 2. The first-order valence-electron chi connectivity index (χ1n) is 8.07. The highest BCUT2D eigenvalue weighted by Gasteiger charge is 2.38. The van der Waals surface area contributed by atoms with Crippen LogP contribution in [0.15, 0.2) is 54.6 Å². The molecule has 0 saturated heterocycles. The molecule has 0 unspecified atom stereocenters. The van der Waals surface area contributed by atoms with Crippen molar-refractivity contribution in [1.29, 1.82) is 0 Å². The van der Waals surface area contributed by atoms with Crippen LogP contribution in [0.2, 0.25) is 0 Å². The maximum Gasteiger partial charge on any atom is 0.288 e. The van der Waals surface area contributed by atoms with E-state index in [0.29, 0.717) is 11.1 Å². The monoisotopic (exact) mass is 387 g/mol. The molecule has 11 nitrogen and oxygen atoms in total.